The highest BCUT2D eigenvalue weighted by Crippen LogP contribution is 2.47. The lowest BCUT2D eigenvalue weighted by Gasteiger charge is -2.49. The number of phenols is 4. The van der Waals surface area contributed by atoms with E-state index in [1.54, 1.807) is 0 Å². The molecule has 68 heavy (non-hydrogen) atoms. The number of carbonyl (C=O) groups is 1. The molecule has 4 heterocycles. The van der Waals surface area contributed by atoms with Gasteiger partial charge in [-0.25, -0.2) is 4.79 Å². The summed E-state index contributed by atoms with van der Waals surface area (Å²) in [6.07, 6.45) is -27.2. The molecular weight excluding hydrogens is 912 g/mol. The Kier molecular flexibility index (Phi) is 15.4. The third kappa shape index (κ3) is 9.78. The predicted octanol–water partition coefficient (Wildman–Crippen LogP) is -2.27. The molecule has 370 valence electrons. The molecule has 3 aromatic carbocycles. The van der Waals surface area contributed by atoms with Crippen LogP contribution in [-0.4, -0.2) is 192 Å². The van der Waals surface area contributed by atoms with Crippen LogP contribution in [-0.2, 0) is 33.2 Å². The smallest absolute Gasteiger partial charge is 0.331 e. The van der Waals surface area contributed by atoms with Gasteiger partial charge >= 0.3 is 5.97 Å². The Morgan fingerprint density at radius 1 is 0.632 bits per heavy atom. The zero-order valence-corrected chi connectivity index (χ0v) is 35.9. The molecule has 0 saturated carbocycles. The minimum Gasteiger partial charge on any atom is -0.507 e. The molecule has 3 aliphatic heterocycles. The first-order valence-corrected chi connectivity index (χ1v) is 20.8. The van der Waals surface area contributed by atoms with Gasteiger partial charge in [-0.3, -0.25) is 4.79 Å². The van der Waals surface area contributed by atoms with Crippen LogP contribution in [0.4, 0.5) is 0 Å². The van der Waals surface area contributed by atoms with Crippen LogP contribution in [0.2, 0.25) is 0 Å². The van der Waals surface area contributed by atoms with Gasteiger partial charge in [-0.15, -0.1) is 0 Å². The number of hydrogen-bond acceptors (Lipinski definition) is 24. The number of hydrogen-bond donors (Lipinski definition) is 13. The van der Waals surface area contributed by atoms with Gasteiger partial charge in [-0.1, -0.05) is 6.07 Å². The van der Waals surface area contributed by atoms with Crippen molar-refractivity contribution in [2.24, 2.45) is 0 Å². The Hall–Kier alpha value is -5.68. The van der Waals surface area contributed by atoms with Crippen LogP contribution in [0.1, 0.15) is 17.2 Å². The summed E-state index contributed by atoms with van der Waals surface area (Å²) < 4.78 is 51.1. The molecule has 24 heteroatoms. The highest BCUT2D eigenvalue weighted by Gasteiger charge is 2.56. The van der Waals surface area contributed by atoms with Gasteiger partial charge in [0.1, 0.15) is 101 Å². The maximum atomic E-state index is 13.8. The second-order valence-corrected chi connectivity index (χ2v) is 15.9. The monoisotopic (exact) mass is 962 g/mol. The first kappa shape index (κ1) is 50.2. The van der Waals surface area contributed by atoms with E-state index < -0.39 is 146 Å². The molecule has 0 aliphatic carbocycles. The van der Waals surface area contributed by atoms with Gasteiger partial charge < -0.3 is 109 Å². The number of aromatic hydroxyl groups is 4. The summed E-state index contributed by atoms with van der Waals surface area (Å²) in [7, 11) is 2.58. The number of benzene rings is 3. The molecular formula is C44H50O24. The Balaban J connectivity index is 1.32. The first-order valence-electron chi connectivity index (χ1n) is 20.8. The van der Waals surface area contributed by atoms with Gasteiger partial charge in [-0.2, -0.15) is 0 Å². The molecule has 24 nitrogen and oxygen atoms in total. The van der Waals surface area contributed by atoms with Crippen molar-refractivity contribution in [2.45, 2.75) is 91.9 Å². The number of carbonyl (C=O) groups excluding carboxylic acids is 1. The molecule has 0 unspecified atom stereocenters. The maximum absolute atomic E-state index is 13.8. The minimum absolute atomic E-state index is 0.0272. The van der Waals surface area contributed by atoms with Crippen molar-refractivity contribution < 1.29 is 113 Å². The molecule has 0 spiro atoms. The summed E-state index contributed by atoms with van der Waals surface area (Å²) >= 11 is 0. The number of fused-ring (bicyclic) bond motifs is 1. The van der Waals surface area contributed by atoms with Crippen molar-refractivity contribution in [3.05, 3.63) is 76.0 Å². The third-order valence-electron chi connectivity index (χ3n) is 11.7. The quantitative estimate of drug-likeness (QED) is 0.0468. The average molecular weight is 963 g/mol. The van der Waals surface area contributed by atoms with E-state index in [1.807, 2.05) is 0 Å². The minimum atomic E-state index is -2.12. The molecule has 0 amide bonds. The van der Waals surface area contributed by atoms with Crippen molar-refractivity contribution in [3.8, 4) is 45.8 Å². The molecule has 0 bridgehead atoms. The average Bonchev–Trinajstić information content (AvgIpc) is 3.32. The standard InChI is InChI=1S/C44H50O24/c1-60-23-9-16(3-6-18(23)48)4-8-29(52)66-42-39(31-21(51)12-25-30(35(31)56)20(50)11-22(62-25)17-5-7-19(49)24(10-17)61-2)63-28(15-47)34(55)40(42)67-44-41(37(58)33(54)27(14-46)65-44)68-43-38(59)36(57)32(53)26(13-45)64-43/h3-12,26-28,32-34,36-49,51,53-59H,13-15H2,1-2H3/b8-4+/t26-,27+,28-,32-,33+,34+,36-,37-,38+,39+,40-,41+,42-,43+,44-/m1/s1. The van der Waals surface area contributed by atoms with E-state index in [0.717, 1.165) is 18.2 Å². The number of ether oxygens (including phenoxy) is 8. The van der Waals surface area contributed by atoms with Crippen LogP contribution in [0.25, 0.3) is 28.4 Å². The number of rotatable bonds is 14. The molecule has 13 N–H and O–H groups in total. The van der Waals surface area contributed by atoms with Crippen molar-refractivity contribution >= 4 is 23.0 Å². The molecule has 0 radical (unpaired) electrons. The maximum Gasteiger partial charge on any atom is 0.331 e. The van der Waals surface area contributed by atoms with Gasteiger partial charge in [0.2, 0.25) is 0 Å². The highest BCUT2D eigenvalue weighted by atomic mass is 16.8. The zero-order valence-electron chi connectivity index (χ0n) is 35.9. The van der Waals surface area contributed by atoms with Crippen molar-refractivity contribution in [1.29, 1.82) is 0 Å². The van der Waals surface area contributed by atoms with Crippen LogP contribution < -0.4 is 14.9 Å². The number of aliphatic hydroxyl groups is 9. The van der Waals surface area contributed by atoms with Gasteiger partial charge in [-0.05, 0) is 42.0 Å². The van der Waals surface area contributed by atoms with E-state index in [-0.39, 0.29) is 39.9 Å². The second kappa shape index (κ2) is 20.9. The number of methoxy groups -OCH3 is 2. The lowest BCUT2D eigenvalue weighted by molar-refractivity contribution is -0.382. The fourth-order valence-electron chi connectivity index (χ4n) is 8.09. The van der Waals surface area contributed by atoms with Crippen molar-refractivity contribution in [2.75, 3.05) is 34.0 Å². The summed E-state index contributed by atoms with van der Waals surface area (Å²) in [6.45, 7) is -2.90. The topological polar surface area (TPSA) is 384 Å². The van der Waals surface area contributed by atoms with E-state index >= 15 is 0 Å². The lowest BCUT2D eigenvalue weighted by atomic mass is 9.88. The van der Waals surface area contributed by atoms with Crippen LogP contribution in [0.3, 0.4) is 0 Å². The molecule has 3 saturated heterocycles. The Morgan fingerprint density at radius 2 is 1.22 bits per heavy atom. The van der Waals surface area contributed by atoms with E-state index in [0.29, 0.717) is 5.56 Å². The Bertz CT molecular complexity index is 2510. The fraction of sp³-hybridized carbons (Fsp3) is 0.455. The Morgan fingerprint density at radius 3 is 1.87 bits per heavy atom. The van der Waals surface area contributed by atoms with Crippen LogP contribution >= 0.6 is 0 Å². The highest BCUT2D eigenvalue weighted by molar-refractivity contribution is 5.89. The third-order valence-corrected chi connectivity index (χ3v) is 11.7. The van der Waals surface area contributed by atoms with Crippen LogP contribution in [0, 0.1) is 0 Å². The molecule has 3 fully saturated rings. The van der Waals surface area contributed by atoms with E-state index in [1.165, 1.54) is 56.7 Å². The van der Waals surface area contributed by atoms with Gasteiger partial charge in [0, 0.05) is 23.8 Å². The number of aliphatic hydroxyl groups excluding tert-OH is 9. The van der Waals surface area contributed by atoms with Crippen LogP contribution in [0.15, 0.2) is 63.8 Å². The zero-order chi connectivity index (χ0) is 49.3. The van der Waals surface area contributed by atoms with Crippen molar-refractivity contribution in [1.82, 2.24) is 0 Å². The summed E-state index contributed by atoms with van der Waals surface area (Å²) in [6, 6.07) is 9.97. The van der Waals surface area contributed by atoms with Crippen molar-refractivity contribution in [3.63, 3.8) is 0 Å². The summed E-state index contributed by atoms with van der Waals surface area (Å²) in [5, 5.41) is 139. The summed E-state index contributed by atoms with van der Waals surface area (Å²) in [5.41, 5.74) is -1.40. The number of esters is 1. The number of phenolic OH excluding ortho intramolecular Hbond substituents is 4. The predicted molar refractivity (Wildman–Crippen MR) is 225 cm³/mol. The largest absolute Gasteiger partial charge is 0.507 e. The van der Waals surface area contributed by atoms with Gasteiger partial charge in [0.05, 0.1) is 39.6 Å². The molecule has 15 atom stereocenters. The lowest BCUT2D eigenvalue weighted by Crippen LogP contribution is -2.66. The first-order chi connectivity index (χ1) is 32.4. The normalized spacial score (nSPS) is 32.0. The molecule has 4 aromatic rings. The van der Waals surface area contributed by atoms with E-state index in [2.05, 4.69) is 0 Å². The SMILES string of the molecule is COc1cc(/C=C/C(=O)O[C@H]2[C@H](O[C@H]3O[C@@H](CO)[C@H](O)[C@@H](O)[C@@H]3O[C@@H]3O[C@H](CO)[C@@H](O)[C@@H](O)[C@@H]3O)[C@@H](O)[C@@H](CO)O[C@H]2c2c(O)cc3oc(-c4ccc(O)c(OC)c4)cc(=O)c3c2O)ccc1O. The molecule has 1 aromatic heterocycles. The van der Waals surface area contributed by atoms with E-state index in [9.17, 15) is 76.0 Å². The van der Waals surface area contributed by atoms with Crippen LogP contribution in [0.5, 0.6) is 34.5 Å². The molecule has 7 rings (SSSR count). The van der Waals surface area contributed by atoms with E-state index in [4.69, 9.17) is 42.3 Å². The summed E-state index contributed by atoms with van der Waals surface area (Å²) in [5.74, 6) is -3.55. The van der Waals surface area contributed by atoms with Gasteiger partial charge in [0.25, 0.3) is 0 Å². The summed E-state index contributed by atoms with van der Waals surface area (Å²) in [4.78, 5) is 27.6. The van der Waals surface area contributed by atoms with Gasteiger partial charge in [0.15, 0.2) is 47.1 Å². The second-order valence-electron chi connectivity index (χ2n) is 15.9. The fourth-order valence-corrected chi connectivity index (χ4v) is 8.09. The Labute approximate surface area is 383 Å². The molecule has 3 aliphatic rings.